The van der Waals surface area contributed by atoms with Gasteiger partial charge in [-0.3, -0.25) is 19.5 Å². The molecular formula is C26H33N3O2. The van der Waals surface area contributed by atoms with E-state index in [1.165, 1.54) is 16.7 Å². The Bertz CT molecular complexity index is 904. The summed E-state index contributed by atoms with van der Waals surface area (Å²) < 4.78 is 0. The zero-order valence-corrected chi connectivity index (χ0v) is 18.6. The summed E-state index contributed by atoms with van der Waals surface area (Å²) in [4.78, 5) is 33.0. The Hall–Kier alpha value is -2.53. The van der Waals surface area contributed by atoms with Gasteiger partial charge in [0.15, 0.2) is 5.78 Å². The van der Waals surface area contributed by atoms with Crippen LogP contribution in [0.25, 0.3) is 0 Å². The minimum absolute atomic E-state index is 0.165. The predicted molar refractivity (Wildman–Crippen MR) is 122 cm³/mol. The van der Waals surface area contributed by atoms with Crippen LogP contribution in [0.2, 0.25) is 0 Å². The van der Waals surface area contributed by atoms with Crippen LogP contribution in [-0.4, -0.2) is 52.7 Å². The van der Waals surface area contributed by atoms with E-state index in [0.29, 0.717) is 12.3 Å². The molecule has 2 aromatic rings. The molecule has 1 amide bonds. The highest BCUT2D eigenvalue weighted by Crippen LogP contribution is 2.24. The third kappa shape index (κ3) is 5.79. The van der Waals surface area contributed by atoms with E-state index < -0.39 is 0 Å². The summed E-state index contributed by atoms with van der Waals surface area (Å²) in [7, 11) is 0. The number of rotatable bonds is 6. The zero-order valence-electron chi connectivity index (χ0n) is 18.6. The molecule has 5 heteroatoms. The fraction of sp³-hybridized carbons (Fsp3) is 0.500. The Kier molecular flexibility index (Phi) is 7.13. The van der Waals surface area contributed by atoms with Crippen molar-refractivity contribution in [1.82, 2.24) is 14.8 Å². The maximum Gasteiger partial charge on any atom is 0.219 e. The standard InChI is InChI=1S/C26H33N3O2/c1-20(30)29-15-8-21(9-16-29)4-7-26(31)25-6-5-23-10-13-28(14-11-24(23)17-25)19-22-3-2-12-27-18-22/h2-3,5-6,12,17-18,21H,4,7-11,13-16,19H2,1H3. The summed E-state index contributed by atoms with van der Waals surface area (Å²) in [6.07, 6.45) is 9.35. The van der Waals surface area contributed by atoms with Crippen molar-refractivity contribution in [2.75, 3.05) is 26.2 Å². The summed E-state index contributed by atoms with van der Waals surface area (Å²) in [5.41, 5.74) is 4.82. The number of likely N-dealkylation sites (tertiary alicyclic amines) is 1. The van der Waals surface area contributed by atoms with E-state index in [1.807, 2.05) is 29.4 Å². The number of fused-ring (bicyclic) bond motifs is 1. The normalized spacial score (nSPS) is 17.8. The lowest BCUT2D eigenvalue weighted by molar-refractivity contribution is -0.130. The monoisotopic (exact) mass is 419 g/mol. The molecule has 0 aliphatic carbocycles. The number of benzene rings is 1. The van der Waals surface area contributed by atoms with Gasteiger partial charge in [-0.2, -0.15) is 0 Å². The smallest absolute Gasteiger partial charge is 0.219 e. The molecule has 0 radical (unpaired) electrons. The second-order valence-electron chi connectivity index (χ2n) is 9.03. The molecule has 164 valence electrons. The van der Waals surface area contributed by atoms with Crippen LogP contribution in [0.1, 0.15) is 59.7 Å². The number of hydrogen-bond donors (Lipinski definition) is 0. The van der Waals surface area contributed by atoms with Crippen LogP contribution in [0.15, 0.2) is 42.7 Å². The molecule has 0 atom stereocenters. The van der Waals surface area contributed by atoms with E-state index in [1.54, 1.807) is 6.92 Å². The summed E-state index contributed by atoms with van der Waals surface area (Å²) in [5, 5.41) is 0. The number of nitrogens with zero attached hydrogens (tertiary/aromatic N) is 3. The minimum Gasteiger partial charge on any atom is -0.343 e. The van der Waals surface area contributed by atoms with Crippen LogP contribution < -0.4 is 0 Å². The van der Waals surface area contributed by atoms with Gasteiger partial charge in [-0.15, -0.1) is 0 Å². The topological polar surface area (TPSA) is 53.5 Å². The average molecular weight is 420 g/mol. The van der Waals surface area contributed by atoms with Gasteiger partial charge >= 0.3 is 0 Å². The van der Waals surface area contributed by atoms with Crippen LogP contribution in [0.5, 0.6) is 0 Å². The SMILES string of the molecule is CC(=O)N1CCC(CCC(=O)c2ccc3c(c2)CCN(Cc2cccnc2)CC3)CC1. The largest absolute Gasteiger partial charge is 0.343 e. The Balaban J connectivity index is 1.30. The first-order valence-electron chi connectivity index (χ1n) is 11.6. The van der Waals surface area contributed by atoms with E-state index >= 15 is 0 Å². The van der Waals surface area contributed by atoms with Crippen LogP contribution in [0, 0.1) is 5.92 Å². The molecule has 2 aliphatic heterocycles. The molecule has 31 heavy (non-hydrogen) atoms. The zero-order chi connectivity index (χ0) is 21.6. The van der Waals surface area contributed by atoms with Crippen LogP contribution in [0.4, 0.5) is 0 Å². The minimum atomic E-state index is 0.165. The lowest BCUT2D eigenvalue weighted by Gasteiger charge is -2.31. The summed E-state index contributed by atoms with van der Waals surface area (Å²) in [6, 6.07) is 10.5. The first-order valence-corrected chi connectivity index (χ1v) is 11.6. The number of hydrogen-bond acceptors (Lipinski definition) is 4. The number of aromatic nitrogens is 1. The number of carbonyl (C=O) groups is 2. The van der Waals surface area contributed by atoms with Gasteiger partial charge in [0.2, 0.25) is 5.91 Å². The van der Waals surface area contributed by atoms with Crippen molar-refractivity contribution >= 4 is 11.7 Å². The lowest BCUT2D eigenvalue weighted by Crippen LogP contribution is -2.37. The van der Waals surface area contributed by atoms with Gasteiger partial charge in [-0.1, -0.05) is 18.2 Å². The van der Waals surface area contributed by atoms with E-state index in [9.17, 15) is 9.59 Å². The number of amides is 1. The van der Waals surface area contributed by atoms with Crippen LogP contribution >= 0.6 is 0 Å². The molecule has 4 rings (SSSR count). The highest BCUT2D eigenvalue weighted by molar-refractivity contribution is 5.96. The van der Waals surface area contributed by atoms with Gasteiger partial charge in [0.25, 0.3) is 0 Å². The quantitative estimate of drug-likeness (QED) is 0.667. The Morgan fingerprint density at radius 3 is 2.52 bits per heavy atom. The molecule has 0 spiro atoms. The number of piperidine rings is 1. The van der Waals surface area contributed by atoms with Gasteiger partial charge < -0.3 is 4.90 Å². The number of pyridine rings is 1. The highest BCUT2D eigenvalue weighted by Gasteiger charge is 2.22. The van der Waals surface area contributed by atoms with Gasteiger partial charge in [-0.25, -0.2) is 0 Å². The van der Waals surface area contributed by atoms with Crippen molar-refractivity contribution in [3.63, 3.8) is 0 Å². The first kappa shape index (κ1) is 21.7. The predicted octanol–water partition coefficient (Wildman–Crippen LogP) is 3.90. The van der Waals surface area contributed by atoms with Crippen LogP contribution in [-0.2, 0) is 24.2 Å². The second-order valence-corrected chi connectivity index (χ2v) is 9.03. The average Bonchev–Trinajstić information content (AvgIpc) is 3.00. The van der Waals surface area contributed by atoms with Gasteiger partial charge in [0.1, 0.15) is 0 Å². The fourth-order valence-corrected chi connectivity index (χ4v) is 4.87. The Labute approximate surface area is 185 Å². The molecule has 1 aromatic heterocycles. The van der Waals surface area contributed by atoms with Gasteiger partial charge in [0.05, 0.1) is 0 Å². The maximum atomic E-state index is 12.9. The van der Waals surface area contributed by atoms with Crippen molar-refractivity contribution in [2.45, 2.75) is 52.0 Å². The molecule has 1 saturated heterocycles. The van der Waals surface area contributed by atoms with Crippen molar-refractivity contribution in [3.8, 4) is 0 Å². The van der Waals surface area contributed by atoms with Crippen molar-refractivity contribution in [3.05, 3.63) is 65.0 Å². The Morgan fingerprint density at radius 1 is 1.03 bits per heavy atom. The third-order valence-electron chi connectivity index (χ3n) is 6.89. The third-order valence-corrected chi connectivity index (χ3v) is 6.89. The summed E-state index contributed by atoms with van der Waals surface area (Å²) in [6.45, 7) is 6.28. The molecule has 5 nitrogen and oxygen atoms in total. The molecule has 0 N–H and O–H groups in total. The highest BCUT2D eigenvalue weighted by atomic mass is 16.2. The molecule has 1 aromatic carbocycles. The van der Waals surface area contributed by atoms with Crippen molar-refractivity contribution in [2.24, 2.45) is 5.92 Å². The Morgan fingerprint density at radius 2 is 1.81 bits per heavy atom. The van der Waals surface area contributed by atoms with Gasteiger partial charge in [-0.05, 0) is 66.8 Å². The molecule has 0 unspecified atom stereocenters. The van der Waals surface area contributed by atoms with E-state index in [2.05, 4.69) is 28.1 Å². The number of carbonyl (C=O) groups excluding carboxylic acids is 2. The van der Waals surface area contributed by atoms with E-state index in [4.69, 9.17) is 0 Å². The van der Waals surface area contributed by atoms with E-state index in [-0.39, 0.29) is 11.7 Å². The molecule has 3 heterocycles. The lowest BCUT2D eigenvalue weighted by atomic mass is 9.89. The van der Waals surface area contributed by atoms with Crippen molar-refractivity contribution < 1.29 is 9.59 Å². The summed E-state index contributed by atoms with van der Waals surface area (Å²) in [5.74, 6) is 0.980. The molecule has 1 fully saturated rings. The van der Waals surface area contributed by atoms with E-state index in [0.717, 1.165) is 70.4 Å². The molecule has 0 saturated carbocycles. The number of Topliss-reactive ketones (excluding diaryl/α,β-unsaturated/α-hetero) is 1. The first-order chi connectivity index (χ1) is 15.1. The molecular weight excluding hydrogens is 386 g/mol. The molecule has 0 bridgehead atoms. The maximum absolute atomic E-state index is 12.9. The van der Waals surface area contributed by atoms with Gasteiger partial charge in [0, 0.05) is 64.0 Å². The summed E-state index contributed by atoms with van der Waals surface area (Å²) >= 11 is 0. The number of ketones is 1. The van der Waals surface area contributed by atoms with Crippen LogP contribution in [0.3, 0.4) is 0 Å². The second kappa shape index (κ2) is 10.2. The van der Waals surface area contributed by atoms with Crippen molar-refractivity contribution in [1.29, 1.82) is 0 Å². The fourth-order valence-electron chi connectivity index (χ4n) is 4.87. The molecule has 2 aliphatic rings.